The molecular formula is C15H18N2O3. The van der Waals surface area contributed by atoms with Gasteiger partial charge in [0.25, 0.3) is 5.91 Å². The first-order valence-corrected chi connectivity index (χ1v) is 6.55. The zero-order chi connectivity index (χ0) is 14.4. The van der Waals surface area contributed by atoms with Crippen LogP contribution in [0.2, 0.25) is 0 Å². The fourth-order valence-electron chi connectivity index (χ4n) is 1.92. The van der Waals surface area contributed by atoms with Crippen molar-refractivity contribution in [2.45, 2.75) is 6.92 Å². The van der Waals surface area contributed by atoms with Crippen molar-refractivity contribution in [3.05, 3.63) is 34.9 Å². The number of nitrogens with one attached hydrogen (secondary N) is 1. The summed E-state index contributed by atoms with van der Waals surface area (Å²) >= 11 is 0. The van der Waals surface area contributed by atoms with Gasteiger partial charge < -0.3 is 9.84 Å². The molecule has 1 amide bonds. The largest absolute Gasteiger partial charge is 0.384 e. The molecular weight excluding hydrogens is 256 g/mol. The highest BCUT2D eigenvalue weighted by molar-refractivity contribution is 5.94. The molecule has 2 rings (SSSR count). The number of carbonyl (C=O) groups excluding carboxylic acids is 1. The number of morpholine rings is 1. The van der Waals surface area contributed by atoms with E-state index in [1.807, 2.05) is 18.0 Å². The summed E-state index contributed by atoms with van der Waals surface area (Å²) in [6.07, 6.45) is 0. The Hall–Kier alpha value is -1.87. The first kappa shape index (κ1) is 14.5. The Bertz CT molecular complexity index is 540. The second-order valence-corrected chi connectivity index (χ2v) is 4.53. The van der Waals surface area contributed by atoms with Crippen LogP contribution in [0.5, 0.6) is 0 Å². The molecule has 1 heterocycles. The van der Waals surface area contributed by atoms with Gasteiger partial charge in [0.2, 0.25) is 0 Å². The maximum atomic E-state index is 12.2. The van der Waals surface area contributed by atoms with Gasteiger partial charge in [-0.3, -0.25) is 10.2 Å². The third kappa shape index (κ3) is 3.81. The quantitative estimate of drug-likeness (QED) is 0.762. The van der Waals surface area contributed by atoms with Crippen LogP contribution in [-0.2, 0) is 4.74 Å². The van der Waals surface area contributed by atoms with Crippen LogP contribution in [0.15, 0.2) is 18.2 Å². The van der Waals surface area contributed by atoms with Crippen molar-refractivity contribution in [3.8, 4) is 11.8 Å². The van der Waals surface area contributed by atoms with Gasteiger partial charge in [0.05, 0.1) is 13.2 Å². The molecule has 5 heteroatoms. The van der Waals surface area contributed by atoms with Crippen molar-refractivity contribution in [2.24, 2.45) is 0 Å². The van der Waals surface area contributed by atoms with Crippen molar-refractivity contribution in [2.75, 3.05) is 32.9 Å². The molecule has 20 heavy (non-hydrogen) atoms. The number of hydrogen-bond acceptors (Lipinski definition) is 4. The highest BCUT2D eigenvalue weighted by Crippen LogP contribution is 2.10. The predicted molar refractivity (Wildman–Crippen MR) is 75.0 cm³/mol. The minimum Gasteiger partial charge on any atom is -0.384 e. The average Bonchev–Trinajstić information content (AvgIpc) is 2.47. The lowest BCUT2D eigenvalue weighted by atomic mass is 10.1. The Morgan fingerprint density at radius 2 is 2.20 bits per heavy atom. The molecule has 0 unspecified atom stereocenters. The third-order valence-corrected chi connectivity index (χ3v) is 3.07. The van der Waals surface area contributed by atoms with Crippen molar-refractivity contribution >= 4 is 5.91 Å². The van der Waals surface area contributed by atoms with Crippen molar-refractivity contribution in [1.82, 2.24) is 10.4 Å². The average molecular weight is 274 g/mol. The minimum atomic E-state index is -0.191. The van der Waals surface area contributed by atoms with E-state index in [2.05, 4.69) is 17.3 Å². The molecule has 1 aliphatic rings. The molecule has 1 fully saturated rings. The maximum Gasteiger partial charge on any atom is 0.265 e. The molecule has 0 spiro atoms. The van der Waals surface area contributed by atoms with Crippen LogP contribution >= 0.6 is 0 Å². The number of benzene rings is 1. The Morgan fingerprint density at radius 1 is 1.45 bits per heavy atom. The zero-order valence-corrected chi connectivity index (χ0v) is 11.5. The lowest BCUT2D eigenvalue weighted by Crippen LogP contribution is -2.48. The lowest BCUT2D eigenvalue weighted by molar-refractivity contribution is 0.0126. The van der Waals surface area contributed by atoms with Gasteiger partial charge in [0.1, 0.15) is 6.61 Å². The van der Waals surface area contributed by atoms with Crippen LogP contribution in [0.1, 0.15) is 21.5 Å². The summed E-state index contributed by atoms with van der Waals surface area (Å²) in [5.41, 5.74) is 5.15. The van der Waals surface area contributed by atoms with Crippen LogP contribution in [0.25, 0.3) is 0 Å². The van der Waals surface area contributed by atoms with Crippen LogP contribution < -0.4 is 5.43 Å². The molecule has 1 aromatic rings. The first-order chi connectivity index (χ1) is 9.70. The number of hydrogen-bond donors (Lipinski definition) is 2. The second kappa shape index (κ2) is 7.06. The lowest BCUT2D eigenvalue weighted by Gasteiger charge is -2.26. The van der Waals surface area contributed by atoms with Crippen LogP contribution in [0.3, 0.4) is 0 Å². The van der Waals surface area contributed by atoms with E-state index < -0.39 is 0 Å². The van der Waals surface area contributed by atoms with Gasteiger partial charge in [-0.1, -0.05) is 17.9 Å². The van der Waals surface area contributed by atoms with Gasteiger partial charge in [-0.2, -0.15) is 0 Å². The number of nitrogens with zero attached hydrogens (tertiary/aromatic N) is 1. The van der Waals surface area contributed by atoms with Crippen LogP contribution in [-0.4, -0.2) is 48.9 Å². The van der Waals surface area contributed by atoms with E-state index in [1.165, 1.54) is 0 Å². The molecule has 5 nitrogen and oxygen atoms in total. The summed E-state index contributed by atoms with van der Waals surface area (Å²) in [6.45, 7) is 4.36. The molecule has 0 aromatic heterocycles. The molecule has 0 saturated carbocycles. The van der Waals surface area contributed by atoms with Crippen LogP contribution in [0, 0.1) is 18.8 Å². The van der Waals surface area contributed by atoms with E-state index in [-0.39, 0.29) is 12.5 Å². The molecule has 106 valence electrons. The van der Waals surface area contributed by atoms with Gasteiger partial charge in [-0.05, 0) is 24.6 Å². The van der Waals surface area contributed by atoms with Crippen molar-refractivity contribution < 1.29 is 14.6 Å². The van der Waals surface area contributed by atoms with E-state index in [0.29, 0.717) is 31.9 Å². The molecule has 0 aliphatic carbocycles. The number of aliphatic hydroxyl groups excluding tert-OH is 1. The van der Waals surface area contributed by atoms with E-state index in [0.717, 1.165) is 11.1 Å². The van der Waals surface area contributed by atoms with E-state index >= 15 is 0 Å². The standard InChI is InChI=1S/C15H18N2O3/c1-12-4-5-14(11-13(12)3-2-8-18)15(19)16-17-6-9-20-10-7-17/h4-5,11,18H,6-10H2,1H3,(H,16,19). The molecule has 1 aliphatic heterocycles. The van der Waals surface area contributed by atoms with E-state index in [1.54, 1.807) is 12.1 Å². The summed E-state index contributed by atoms with van der Waals surface area (Å²) < 4.78 is 5.23. The van der Waals surface area contributed by atoms with Crippen molar-refractivity contribution in [1.29, 1.82) is 0 Å². The van der Waals surface area contributed by atoms with E-state index in [4.69, 9.17) is 9.84 Å². The van der Waals surface area contributed by atoms with Gasteiger partial charge in [0, 0.05) is 24.2 Å². The highest BCUT2D eigenvalue weighted by Gasteiger charge is 2.14. The van der Waals surface area contributed by atoms with Gasteiger partial charge >= 0.3 is 0 Å². The SMILES string of the molecule is Cc1ccc(C(=O)NN2CCOCC2)cc1C#CCO. The van der Waals surface area contributed by atoms with Crippen molar-refractivity contribution in [3.63, 3.8) is 0 Å². The number of aliphatic hydroxyl groups is 1. The molecule has 1 saturated heterocycles. The third-order valence-electron chi connectivity index (χ3n) is 3.07. The van der Waals surface area contributed by atoms with E-state index in [9.17, 15) is 4.79 Å². The highest BCUT2D eigenvalue weighted by atomic mass is 16.5. The molecule has 1 aromatic carbocycles. The summed E-state index contributed by atoms with van der Waals surface area (Å²) in [5, 5.41) is 10.6. The topological polar surface area (TPSA) is 61.8 Å². The molecule has 0 radical (unpaired) electrons. The normalized spacial score (nSPS) is 15.3. The summed E-state index contributed by atoms with van der Waals surface area (Å²) in [6, 6.07) is 5.37. The summed E-state index contributed by atoms with van der Waals surface area (Å²) in [7, 11) is 0. The predicted octanol–water partition coefficient (Wildman–Crippen LogP) is 0.316. The monoisotopic (exact) mass is 274 g/mol. The summed E-state index contributed by atoms with van der Waals surface area (Å²) in [4.78, 5) is 12.2. The van der Waals surface area contributed by atoms with Gasteiger partial charge in [0.15, 0.2) is 0 Å². The first-order valence-electron chi connectivity index (χ1n) is 6.55. The number of hydrazine groups is 1. The zero-order valence-electron chi connectivity index (χ0n) is 11.5. The number of aryl methyl sites for hydroxylation is 1. The minimum absolute atomic E-state index is 0.154. The Labute approximate surface area is 118 Å². The Morgan fingerprint density at radius 3 is 2.90 bits per heavy atom. The maximum absolute atomic E-state index is 12.2. The molecule has 0 bridgehead atoms. The van der Waals surface area contributed by atoms with Crippen LogP contribution in [0.4, 0.5) is 0 Å². The Kier molecular flexibility index (Phi) is 5.13. The van der Waals surface area contributed by atoms with Gasteiger partial charge in [-0.25, -0.2) is 5.01 Å². The number of rotatable bonds is 2. The fraction of sp³-hybridized carbons (Fsp3) is 0.400. The number of amides is 1. The number of carbonyl (C=O) groups is 1. The summed E-state index contributed by atoms with van der Waals surface area (Å²) in [5.74, 6) is 5.29. The van der Waals surface area contributed by atoms with Gasteiger partial charge in [-0.15, -0.1) is 0 Å². The molecule has 2 N–H and O–H groups in total. The smallest absolute Gasteiger partial charge is 0.265 e. The fourth-order valence-corrected chi connectivity index (χ4v) is 1.92. The second-order valence-electron chi connectivity index (χ2n) is 4.53. The number of ether oxygens (including phenoxy) is 1. The Balaban J connectivity index is 2.09. The molecule has 0 atom stereocenters.